The van der Waals surface area contributed by atoms with E-state index in [4.69, 9.17) is 4.74 Å². The highest BCUT2D eigenvalue weighted by atomic mass is 19.1. The van der Waals surface area contributed by atoms with Crippen molar-refractivity contribution in [1.82, 2.24) is 5.32 Å². The van der Waals surface area contributed by atoms with Crippen LogP contribution in [-0.4, -0.2) is 25.6 Å². The van der Waals surface area contributed by atoms with Gasteiger partial charge in [-0.25, -0.2) is 4.39 Å². The van der Waals surface area contributed by atoms with Gasteiger partial charge in [-0.1, -0.05) is 24.3 Å². The number of fused-ring (bicyclic) bond motifs is 1. The molecule has 4 nitrogen and oxygen atoms in total. The lowest BCUT2D eigenvalue weighted by Crippen LogP contribution is -2.37. The van der Waals surface area contributed by atoms with Gasteiger partial charge in [-0.15, -0.1) is 0 Å². The molecule has 0 unspecified atom stereocenters. The van der Waals surface area contributed by atoms with E-state index in [1.54, 1.807) is 12.1 Å². The van der Waals surface area contributed by atoms with Crippen molar-refractivity contribution in [1.29, 1.82) is 0 Å². The van der Waals surface area contributed by atoms with Crippen molar-refractivity contribution >= 4 is 11.6 Å². The second-order valence-corrected chi connectivity index (χ2v) is 5.49. The molecule has 3 rings (SSSR count). The Hall–Kier alpha value is -2.56. The zero-order valence-corrected chi connectivity index (χ0v) is 12.8. The van der Waals surface area contributed by atoms with Crippen molar-refractivity contribution in [2.24, 2.45) is 0 Å². The van der Waals surface area contributed by atoms with Gasteiger partial charge in [-0.3, -0.25) is 4.79 Å². The van der Waals surface area contributed by atoms with E-state index in [1.807, 2.05) is 29.2 Å². The van der Waals surface area contributed by atoms with E-state index in [0.717, 1.165) is 30.0 Å². The summed E-state index contributed by atoms with van der Waals surface area (Å²) in [5.41, 5.74) is 1.82. The molecule has 1 aliphatic heterocycles. The maximum absolute atomic E-state index is 12.9. The van der Waals surface area contributed by atoms with Crippen LogP contribution in [0.15, 0.2) is 48.5 Å². The van der Waals surface area contributed by atoms with Gasteiger partial charge in [0.1, 0.15) is 11.6 Å². The molecule has 2 aromatic carbocycles. The molecule has 0 spiro atoms. The molecule has 0 saturated carbocycles. The molecule has 23 heavy (non-hydrogen) atoms. The van der Waals surface area contributed by atoms with Gasteiger partial charge < -0.3 is 15.0 Å². The fraction of sp³-hybridized carbons (Fsp3) is 0.278. The summed E-state index contributed by atoms with van der Waals surface area (Å²) >= 11 is 0. The van der Waals surface area contributed by atoms with E-state index in [-0.39, 0.29) is 18.3 Å². The Balaban J connectivity index is 1.60. The van der Waals surface area contributed by atoms with Crippen LogP contribution in [0.2, 0.25) is 0 Å². The standard InChI is InChI=1S/C18H19FN2O2/c19-15-8-6-14(7-9-15)12-20-18(22)13-21-10-3-11-23-17-5-2-1-4-16(17)21/h1-2,4-9H,3,10-13H2,(H,20,22). The minimum atomic E-state index is -0.277. The zero-order valence-electron chi connectivity index (χ0n) is 12.8. The summed E-state index contributed by atoms with van der Waals surface area (Å²) in [7, 11) is 0. The molecule has 5 heteroatoms. The number of ether oxygens (including phenoxy) is 1. The molecule has 120 valence electrons. The molecule has 0 saturated heterocycles. The van der Waals surface area contributed by atoms with Crippen LogP contribution in [0.4, 0.5) is 10.1 Å². The number of anilines is 1. The molecular weight excluding hydrogens is 295 g/mol. The maximum Gasteiger partial charge on any atom is 0.239 e. The fourth-order valence-electron chi connectivity index (χ4n) is 2.59. The minimum Gasteiger partial charge on any atom is -0.491 e. The van der Waals surface area contributed by atoms with Crippen LogP contribution in [0.5, 0.6) is 5.75 Å². The summed E-state index contributed by atoms with van der Waals surface area (Å²) in [5, 5.41) is 2.87. The third kappa shape index (κ3) is 4.00. The van der Waals surface area contributed by atoms with Crippen molar-refractivity contribution in [3.63, 3.8) is 0 Å². The smallest absolute Gasteiger partial charge is 0.239 e. The van der Waals surface area contributed by atoms with Gasteiger partial charge in [-0.2, -0.15) is 0 Å². The van der Waals surface area contributed by atoms with Gasteiger partial charge in [-0.05, 0) is 36.2 Å². The maximum atomic E-state index is 12.9. The van der Waals surface area contributed by atoms with Crippen molar-refractivity contribution in [3.8, 4) is 5.75 Å². The van der Waals surface area contributed by atoms with Crippen LogP contribution in [0.1, 0.15) is 12.0 Å². The largest absolute Gasteiger partial charge is 0.491 e. The monoisotopic (exact) mass is 314 g/mol. The number of rotatable bonds is 4. The Morgan fingerprint density at radius 2 is 1.96 bits per heavy atom. The second-order valence-electron chi connectivity index (χ2n) is 5.49. The van der Waals surface area contributed by atoms with Crippen LogP contribution in [0.3, 0.4) is 0 Å². The molecule has 1 amide bonds. The Kier molecular flexibility index (Phi) is 4.76. The van der Waals surface area contributed by atoms with Crippen LogP contribution in [-0.2, 0) is 11.3 Å². The molecule has 1 heterocycles. The van der Waals surface area contributed by atoms with Crippen molar-refractivity contribution in [2.45, 2.75) is 13.0 Å². The second kappa shape index (κ2) is 7.13. The number of hydrogen-bond donors (Lipinski definition) is 1. The molecule has 1 aliphatic rings. The molecule has 0 atom stereocenters. The lowest BCUT2D eigenvalue weighted by molar-refractivity contribution is -0.119. The predicted octanol–water partition coefficient (Wildman–Crippen LogP) is 2.73. The van der Waals surface area contributed by atoms with Gasteiger partial charge in [0.2, 0.25) is 5.91 Å². The number of amides is 1. The Morgan fingerprint density at radius 3 is 2.78 bits per heavy atom. The van der Waals surface area contributed by atoms with E-state index < -0.39 is 0 Å². The average Bonchev–Trinajstić information content (AvgIpc) is 2.77. The number of nitrogens with one attached hydrogen (secondary N) is 1. The molecule has 0 aliphatic carbocycles. The molecule has 2 aromatic rings. The lowest BCUT2D eigenvalue weighted by atomic mass is 10.2. The van der Waals surface area contributed by atoms with Gasteiger partial charge >= 0.3 is 0 Å². The first kappa shape index (κ1) is 15.3. The van der Waals surface area contributed by atoms with Crippen LogP contribution in [0, 0.1) is 5.82 Å². The highest BCUT2D eigenvalue weighted by Crippen LogP contribution is 2.30. The highest BCUT2D eigenvalue weighted by molar-refractivity contribution is 5.82. The Labute approximate surface area is 134 Å². The third-order valence-electron chi connectivity index (χ3n) is 3.77. The van der Waals surface area contributed by atoms with E-state index in [9.17, 15) is 9.18 Å². The van der Waals surface area contributed by atoms with E-state index >= 15 is 0 Å². The van der Waals surface area contributed by atoms with Crippen LogP contribution < -0.4 is 15.0 Å². The number of nitrogens with zero attached hydrogens (tertiary/aromatic N) is 1. The molecular formula is C18H19FN2O2. The van der Waals surface area contributed by atoms with Gasteiger partial charge in [0.25, 0.3) is 0 Å². The van der Waals surface area contributed by atoms with E-state index in [2.05, 4.69) is 5.32 Å². The molecule has 0 fully saturated rings. The molecule has 0 aromatic heterocycles. The molecule has 0 radical (unpaired) electrons. The Bertz CT molecular complexity index is 673. The minimum absolute atomic E-state index is 0.0639. The summed E-state index contributed by atoms with van der Waals surface area (Å²) < 4.78 is 18.6. The zero-order chi connectivity index (χ0) is 16.1. The summed E-state index contributed by atoms with van der Waals surface area (Å²) in [6.07, 6.45) is 0.875. The summed E-state index contributed by atoms with van der Waals surface area (Å²) in [4.78, 5) is 14.2. The van der Waals surface area contributed by atoms with Crippen molar-refractivity contribution in [2.75, 3.05) is 24.6 Å². The SMILES string of the molecule is O=C(CN1CCCOc2ccccc21)NCc1ccc(F)cc1. The van der Waals surface area contributed by atoms with Crippen LogP contribution >= 0.6 is 0 Å². The average molecular weight is 314 g/mol. The number of para-hydroxylation sites is 2. The quantitative estimate of drug-likeness (QED) is 0.943. The third-order valence-corrected chi connectivity index (χ3v) is 3.77. The highest BCUT2D eigenvalue weighted by Gasteiger charge is 2.18. The fourth-order valence-corrected chi connectivity index (χ4v) is 2.59. The first-order chi connectivity index (χ1) is 11.2. The summed E-state index contributed by atoms with van der Waals surface area (Å²) in [5.74, 6) is 0.476. The van der Waals surface area contributed by atoms with Crippen molar-refractivity contribution in [3.05, 3.63) is 59.9 Å². The first-order valence-electron chi connectivity index (χ1n) is 7.70. The lowest BCUT2D eigenvalue weighted by Gasteiger charge is -2.23. The molecule has 0 bridgehead atoms. The number of halogens is 1. The molecule has 1 N–H and O–H groups in total. The normalized spacial score (nSPS) is 13.7. The van der Waals surface area contributed by atoms with E-state index in [0.29, 0.717) is 13.2 Å². The number of carbonyl (C=O) groups excluding carboxylic acids is 1. The summed E-state index contributed by atoms with van der Waals surface area (Å²) in [6.45, 7) is 2.11. The topological polar surface area (TPSA) is 41.6 Å². The summed E-state index contributed by atoms with van der Waals surface area (Å²) in [6, 6.07) is 13.9. The van der Waals surface area contributed by atoms with E-state index in [1.165, 1.54) is 12.1 Å². The number of carbonyl (C=O) groups is 1. The first-order valence-corrected chi connectivity index (χ1v) is 7.70. The van der Waals surface area contributed by atoms with Gasteiger partial charge in [0.15, 0.2) is 0 Å². The number of hydrogen-bond acceptors (Lipinski definition) is 3. The Morgan fingerprint density at radius 1 is 1.17 bits per heavy atom. The van der Waals surface area contributed by atoms with Crippen LogP contribution in [0.25, 0.3) is 0 Å². The van der Waals surface area contributed by atoms with Gasteiger partial charge in [0.05, 0.1) is 18.8 Å². The van der Waals surface area contributed by atoms with Gasteiger partial charge in [0, 0.05) is 13.1 Å². The van der Waals surface area contributed by atoms with Crippen molar-refractivity contribution < 1.29 is 13.9 Å². The number of benzene rings is 2. The predicted molar refractivity (Wildman–Crippen MR) is 87.0 cm³/mol.